The fourth-order valence-corrected chi connectivity index (χ4v) is 1.87. The highest BCUT2D eigenvalue weighted by Gasteiger charge is 2.16. The molecule has 0 aliphatic heterocycles. The average molecular weight is 294 g/mol. The summed E-state index contributed by atoms with van der Waals surface area (Å²) in [4.78, 5) is 22.2. The van der Waals surface area contributed by atoms with Crippen LogP contribution in [-0.4, -0.2) is 43.4 Å². The van der Waals surface area contributed by atoms with E-state index < -0.39 is 18.1 Å². The van der Waals surface area contributed by atoms with E-state index in [1.807, 2.05) is 18.2 Å². The highest BCUT2D eigenvalue weighted by atomic mass is 16.5. The van der Waals surface area contributed by atoms with E-state index in [4.69, 9.17) is 9.84 Å². The highest BCUT2D eigenvalue weighted by molar-refractivity contribution is 5.76. The molecule has 21 heavy (non-hydrogen) atoms. The zero-order chi connectivity index (χ0) is 15.7. The predicted molar refractivity (Wildman–Crippen MR) is 79.3 cm³/mol. The summed E-state index contributed by atoms with van der Waals surface area (Å²) in [6, 6.07) is 9.67. The Morgan fingerprint density at radius 2 is 1.90 bits per heavy atom. The maximum absolute atomic E-state index is 11.5. The summed E-state index contributed by atoms with van der Waals surface area (Å²) in [5.74, 6) is -0.757. The molecule has 2 amide bonds. The summed E-state index contributed by atoms with van der Waals surface area (Å²) >= 11 is 0. The van der Waals surface area contributed by atoms with Crippen molar-refractivity contribution in [1.29, 1.82) is 0 Å². The molecule has 0 saturated carbocycles. The lowest BCUT2D eigenvalue weighted by molar-refractivity contribution is -0.147. The second-order valence-corrected chi connectivity index (χ2v) is 4.80. The van der Waals surface area contributed by atoms with Crippen LogP contribution in [0.15, 0.2) is 30.3 Å². The first kappa shape index (κ1) is 17.0. The molecule has 1 aromatic carbocycles. The van der Waals surface area contributed by atoms with E-state index in [0.29, 0.717) is 12.5 Å². The van der Waals surface area contributed by atoms with E-state index in [2.05, 4.69) is 29.7 Å². The average Bonchev–Trinajstić information content (AvgIpc) is 2.48. The number of carboxylic acid groups (broad SMARTS) is 1. The fourth-order valence-electron chi connectivity index (χ4n) is 1.87. The molecular weight excluding hydrogens is 272 g/mol. The van der Waals surface area contributed by atoms with Gasteiger partial charge in [-0.05, 0) is 17.9 Å². The molecule has 6 nitrogen and oxygen atoms in total. The van der Waals surface area contributed by atoms with E-state index in [0.717, 1.165) is 6.42 Å². The Morgan fingerprint density at radius 1 is 1.24 bits per heavy atom. The Bertz CT molecular complexity index is 450. The van der Waals surface area contributed by atoms with Gasteiger partial charge in [-0.15, -0.1) is 0 Å². The van der Waals surface area contributed by atoms with Crippen molar-refractivity contribution in [2.45, 2.75) is 25.4 Å². The number of carboxylic acids is 1. The summed E-state index contributed by atoms with van der Waals surface area (Å²) in [5, 5.41) is 13.9. The standard InChI is InChI=1S/C15H22N2O4/c1-11(12-6-4-3-5-7-12)8-9-16-15(20)17-10-13(21-2)14(18)19/h3-7,11,13H,8-10H2,1-2H3,(H,18,19)(H2,16,17,20). The van der Waals surface area contributed by atoms with Crippen LogP contribution in [0, 0.1) is 0 Å². The normalized spacial score (nSPS) is 13.2. The van der Waals surface area contributed by atoms with Crippen molar-refractivity contribution in [2.75, 3.05) is 20.2 Å². The van der Waals surface area contributed by atoms with E-state index in [9.17, 15) is 9.59 Å². The molecule has 1 aromatic rings. The molecule has 0 saturated heterocycles. The number of rotatable bonds is 8. The molecule has 2 atom stereocenters. The number of hydrogen-bond donors (Lipinski definition) is 3. The lowest BCUT2D eigenvalue weighted by Gasteiger charge is -2.14. The molecule has 0 spiro atoms. The summed E-state index contributed by atoms with van der Waals surface area (Å²) in [7, 11) is 1.29. The van der Waals surface area contributed by atoms with Gasteiger partial charge in [-0.2, -0.15) is 0 Å². The molecule has 1 rings (SSSR count). The number of carbonyl (C=O) groups excluding carboxylic acids is 1. The smallest absolute Gasteiger partial charge is 0.334 e. The maximum Gasteiger partial charge on any atom is 0.334 e. The number of hydrogen-bond acceptors (Lipinski definition) is 3. The highest BCUT2D eigenvalue weighted by Crippen LogP contribution is 2.17. The molecule has 0 fully saturated rings. The first-order valence-corrected chi connectivity index (χ1v) is 6.86. The fraction of sp³-hybridized carbons (Fsp3) is 0.467. The predicted octanol–water partition coefficient (Wildman–Crippen LogP) is 1.58. The van der Waals surface area contributed by atoms with Crippen molar-refractivity contribution in [3.63, 3.8) is 0 Å². The van der Waals surface area contributed by atoms with E-state index in [1.54, 1.807) is 0 Å². The van der Waals surface area contributed by atoms with Gasteiger partial charge in [0.1, 0.15) is 0 Å². The molecule has 2 unspecified atom stereocenters. The van der Waals surface area contributed by atoms with Crippen molar-refractivity contribution in [3.05, 3.63) is 35.9 Å². The minimum atomic E-state index is -1.10. The Morgan fingerprint density at radius 3 is 2.48 bits per heavy atom. The van der Waals surface area contributed by atoms with Crippen LogP contribution in [-0.2, 0) is 9.53 Å². The molecular formula is C15H22N2O4. The van der Waals surface area contributed by atoms with Crippen LogP contribution in [0.25, 0.3) is 0 Å². The zero-order valence-electron chi connectivity index (χ0n) is 12.3. The van der Waals surface area contributed by atoms with Crippen LogP contribution < -0.4 is 10.6 Å². The van der Waals surface area contributed by atoms with Crippen LogP contribution in [0.5, 0.6) is 0 Å². The topological polar surface area (TPSA) is 87.7 Å². The molecule has 116 valence electrons. The van der Waals surface area contributed by atoms with Gasteiger partial charge in [0.15, 0.2) is 6.10 Å². The third kappa shape index (κ3) is 6.27. The summed E-state index contributed by atoms with van der Waals surface area (Å²) in [5.41, 5.74) is 1.23. The van der Waals surface area contributed by atoms with Gasteiger partial charge < -0.3 is 20.5 Å². The first-order valence-electron chi connectivity index (χ1n) is 6.86. The molecule has 0 radical (unpaired) electrons. The number of aliphatic carboxylic acids is 1. The second kappa shape index (κ2) is 8.97. The minimum absolute atomic E-state index is 0.0636. The lowest BCUT2D eigenvalue weighted by Crippen LogP contribution is -2.43. The second-order valence-electron chi connectivity index (χ2n) is 4.80. The monoisotopic (exact) mass is 294 g/mol. The molecule has 0 aliphatic rings. The lowest BCUT2D eigenvalue weighted by atomic mass is 9.98. The number of methoxy groups -OCH3 is 1. The van der Waals surface area contributed by atoms with Gasteiger partial charge in [0.05, 0.1) is 6.54 Å². The zero-order valence-corrected chi connectivity index (χ0v) is 12.3. The van der Waals surface area contributed by atoms with E-state index in [-0.39, 0.29) is 6.54 Å². The number of urea groups is 1. The van der Waals surface area contributed by atoms with Crippen LogP contribution in [0.2, 0.25) is 0 Å². The Balaban J connectivity index is 2.23. The molecule has 0 aliphatic carbocycles. The number of amides is 2. The molecule has 0 heterocycles. The number of benzene rings is 1. The first-order chi connectivity index (χ1) is 10.0. The van der Waals surface area contributed by atoms with Crippen molar-refractivity contribution in [3.8, 4) is 0 Å². The largest absolute Gasteiger partial charge is 0.479 e. The molecule has 3 N–H and O–H groups in total. The quantitative estimate of drug-likeness (QED) is 0.679. The minimum Gasteiger partial charge on any atom is -0.479 e. The summed E-state index contributed by atoms with van der Waals surface area (Å²) in [6.45, 7) is 2.55. The van der Waals surface area contributed by atoms with E-state index >= 15 is 0 Å². The van der Waals surface area contributed by atoms with Crippen LogP contribution in [0.3, 0.4) is 0 Å². The van der Waals surface area contributed by atoms with Crippen molar-refractivity contribution >= 4 is 12.0 Å². The number of nitrogens with one attached hydrogen (secondary N) is 2. The SMILES string of the molecule is COC(CNC(=O)NCCC(C)c1ccccc1)C(=O)O. The molecule has 0 aromatic heterocycles. The van der Waals surface area contributed by atoms with Gasteiger partial charge >= 0.3 is 12.0 Å². The Hall–Kier alpha value is -2.08. The van der Waals surface area contributed by atoms with Crippen molar-refractivity contribution in [1.82, 2.24) is 10.6 Å². The van der Waals surface area contributed by atoms with Gasteiger partial charge in [0.25, 0.3) is 0 Å². The Labute approximate surface area is 124 Å². The molecule has 6 heteroatoms. The van der Waals surface area contributed by atoms with Crippen LogP contribution >= 0.6 is 0 Å². The van der Waals surface area contributed by atoms with Crippen molar-refractivity contribution in [2.24, 2.45) is 0 Å². The third-order valence-electron chi connectivity index (χ3n) is 3.24. The summed E-state index contributed by atoms with van der Waals surface area (Å²) in [6.07, 6.45) is -0.219. The van der Waals surface area contributed by atoms with Crippen molar-refractivity contribution < 1.29 is 19.4 Å². The number of ether oxygens (including phenoxy) is 1. The van der Waals surface area contributed by atoms with Crippen LogP contribution in [0.1, 0.15) is 24.8 Å². The van der Waals surface area contributed by atoms with E-state index in [1.165, 1.54) is 12.7 Å². The van der Waals surface area contributed by atoms with Gasteiger partial charge in [0, 0.05) is 13.7 Å². The number of carbonyl (C=O) groups is 2. The van der Waals surface area contributed by atoms with Gasteiger partial charge in [-0.1, -0.05) is 37.3 Å². The maximum atomic E-state index is 11.5. The molecule has 0 bridgehead atoms. The van der Waals surface area contributed by atoms with Gasteiger partial charge in [-0.3, -0.25) is 0 Å². The summed E-state index contributed by atoms with van der Waals surface area (Å²) < 4.78 is 4.72. The van der Waals surface area contributed by atoms with Crippen LogP contribution in [0.4, 0.5) is 4.79 Å². The third-order valence-corrected chi connectivity index (χ3v) is 3.24. The van der Waals surface area contributed by atoms with Gasteiger partial charge in [0.2, 0.25) is 0 Å². The Kier molecular flexibility index (Phi) is 7.25. The van der Waals surface area contributed by atoms with Gasteiger partial charge in [-0.25, -0.2) is 9.59 Å².